The Morgan fingerprint density at radius 3 is 2.44 bits per heavy atom. The van der Waals surface area contributed by atoms with Crippen molar-refractivity contribution in [3.63, 3.8) is 0 Å². The zero-order valence-electron chi connectivity index (χ0n) is 14.0. The summed E-state index contributed by atoms with van der Waals surface area (Å²) in [7, 11) is -3.54. The zero-order chi connectivity index (χ0) is 18.2. The number of aryl methyl sites for hydroxylation is 2. The molecule has 7 nitrogen and oxygen atoms in total. The second kappa shape index (κ2) is 6.78. The maximum atomic E-state index is 12.8. The van der Waals surface area contributed by atoms with Crippen LogP contribution in [0.4, 0.5) is 5.69 Å². The van der Waals surface area contributed by atoms with Crippen LogP contribution in [0.25, 0.3) is 0 Å². The van der Waals surface area contributed by atoms with Crippen molar-refractivity contribution in [3.8, 4) is 0 Å². The fourth-order valence-electron chi connectivity index (χ4n) is 2.79. The first-order valence-corrected chi connectivity index (χ1v) is 9.68. The van der Waals surface area contributed by atoms with Crippen molar-refractivity contribution < 1.29 is 8.42 Å². The lowest BCUT2D eigenvalue weighted by atomic mass is 10.1. The van der Waals surface area contributed by atoms with Crippen LogP contribution < -0.4 is 10.5 Å². The maximum Gasteiger partial charge on any atom is 0.285 e. The van der Waals surface area contributed by atoms with Gasteiger partial charge in [0.2, 0.25) is 10.0 Å². The van der Waals surface area contributed by atoms with Gasteiger partial charge < -0.3 is 4.90 Å². The summed E-state index contributed by atoms with van der Waals surface area (Å²) in [5, 5.41) is 6.10. The highest BCUT2D eigenvalue weighted by Gasteiger charge is 2.29. The molecule has 1 N–H and O–H groups in total. The molecule has 1 aliphatic heterocycles. The van der Waals surface area contributed by atoms with Crippen molar-refractivity contribution in [2.24, 2.45) is 0 Å². The van der Waals surface area contributed by atoms with Gasteiger partial charge in [-0.15, -0.1) is 0 Å². The predicted octanol–water partition coefficient (Wildman–Crippen LogP) is 1.55. The number of aromatic amines is 1. The monoisotopic (exact) mass is 382 g/mol. The van der Waals surface area contributed by atoms with E-state index in [1.165, 1.54) is 10.5 Å². The Balaban J connectivity index is 1.78. The third-order valence-electron chi connectivity index (χ3n) is 4.47. The van der Waals surface area contributed by atoms with E-state index in [1.807, 2.05) is 24.8 Å². The summed E-state index contributed by atoms with van der Waals surface area (Å²) >= 11 is 6.02. The first-order valence-electron chi connectivity index (χ1n) is 7.86. The molecular formula is C16H19ClN4O3S. The van der Waals surface area contributed by atoms with E-state index in [1.54, 1.807) is 12.1 Å². The molecule has 0 unspecified atom stereocenters. The van der Waals surface area contributed by atoms with Gasteiger partial charge in [0.1, 0.15) is 5.02 Å². The number of H-pyrrole nitrogens is 1. The molecule has 2 heterocycles. The molecule has 1 saturated heterocycles. The van der Waals surface area contributed by atoms with Crippen LogP contribution >= 0.6 is 11.6 Å². The van der Waals surface area contributed by atoms with Gasteiger partial charge in [-0.1, -0.05) is 17.7 Å². The largest absolute Gasteiger partial charge is 0.366 e. The molecule has 1 aromatic heterocycles. The number of halogens is 1. The van der Waals surface area contributed by atoms with Crippen molar-refractivity contribution in [2.45, 2.75) is 18.7 Å². The Morgan fingerprint density at radius 1 is 1.12 bits per heavy atom. The van der Waals surface area contributed by atoms with Crippen molar-refractivity contribution in [1.82, 2.24) is 14.5 Å². The number of benzene rings is 1. The summed E-state index contributed by atoms with van der Waals surface area (Å²) in [6.07, 6.45) is 1.48. The van der Waals surface area contributed by atoms with E-state index < -0.39 is 15.6 Å². The number of aromatic nitrogens is 2. The van der Waals surface area contributed by atoms with Crippen LogP contribution in [-0.4, -0.2) is 49.1 Å². The average Bonchev–Trinajstić information content (AvgIpc) is 2.60. The number of hydrogen-bond acceptors (Lipinski definition) is 5. The normalized spacial score (nSPS) is 16.2. The Bertz CT molecular complexity index is 950. The van der Waals surface area contributed by atoms with Crippen LogP contribution in [0.15, 0.2) is 34.1 Å². The van der Waals surface area contributed by atoms with Crippen molar-refractivity contribution in [1.29, 1.82) is 0 Å². The minimum Gasteiger partial charge on any atom is -0.366 e. The fraction of sp³-hybridized carbons (Fsp3) is 0.375. The SMILES string of the molecule is Cc1ccc(S(=O)(=O)N2CCN(c3cn[nH]c(=O)c3Cl)CC2)cc1C. The lowest BCUT2D eigenvalue weighted by molar-refractivity contribution is 0.384. The summed E-state index contributed by atoms with van der Waals surface area (Å²) in [4.78, 5) is 13.7. The minimum absolute atomic E-state index is 0.0699. The zero-order valence-corrected chi connectivity index (χ0v) is 15.6. The molecule has 3 rings (SSSR count). The van der Waals surface area contributed by atoms with E-state index in [9.17, 15) is 13.2 Å². The molecule has 0 radical (unpaired) electrons. The summed E-state index contributed by atoms with van der Waals surface area (Å²) in [6.45, 7) is 5.36. The molecule has 0 atom stereocenters. The van der Waals surface area contributed by atoms with Crippen LogP contribution in [0.2, 0.25) is 5.02 Å². The molecule has 0 bridgehead atoms. The van der Waals surface area contributed by atoms with Crippen molar-refractivity contribution in [2.75, 3.05) is 31.1 Å². The molecule has 1 aromatic carbocycles. The third-order valence-corrected chi connectivity index (χ3v) is 6.73. The predicted molar refractivity (Wildman–Crippen MR) is 96.8 cm³/mol. The van der Waals surface area contributed by atoms with Crippen LogP contribution in [0.3, 0.4) is 0 Å². The highest BCUT2D eigenvalue weighted by Crippen LogP contribution is 2.25. The molecule has 1 aliphatic rings. The summed E-state index contributed by atoms with van der Waals surface area (Å²) in [6, 6.07) is 5.16. The lowest BCUT2D eigenvalue weighted by Crippen LogP contribution is -2.49. The third kappa shape index (κ3) is 3.42. The molecule has 134 valence electrons. The summed E-state index contributed by atoms with van der Waals surface area (Å²) < 4.78 is 27.1. The lowest BCUT2D eigenvalue weighted by Gasteiger charge is -2.35. The van der Waals surface area contributed by atoms with Gasteiger partial charge in [0.25, 0.3) is 5.56 Å². The standard InChI is InChI=1S/C16H19ClN4O3S/c1-11-3-4-13(9-12(11)2)25(23,24)21-7-5-20(6-8-21)14-10-18-19-16(22)15(14)17/h3-4,9-10H,5-8H2,1-2H3,(H,19,22). The highest BCUT2D eigenvalue weighted by atomic mass is 35.5. The van der Waals surface area contributed by atoms with E-state index >= 15 is 0 Å². The molecule has 0 saturated carbocycles. The molecule has 0 spiro atoms. The average molecular weight is 383 g/mol. The first kappa shape index (κ1) is 17.9. The Morgan fingerprint density at radius 2 is 1.80 bits per heavy atom. The molecule has 9 heteroatoms. The van der Waals surface area contributed by atoms with Gasteiger partial charge >= 0.3 is 0 Å². The summed E-state index contributed by atoms with van der Waals surface area (Å²) in [5.41, 5.74) is 2.07. The maximum absolute atomic E-state index is 12.8. The number of rotatable bonds is 3. The highest BCUT2D eigenvalue weighted by molar-refractivity contribution is 7.89. The van der Waals surface area contributed by atoms with Crippen LogP contribution in [-0.2, 0) is 10.0 Å². The van der Waals surface area contributed by atoms with E-state index in [-0.39, 0.29) is 5.02 Å². The van der Waals surface area contributed by atoms with Crippen molar-refractivity contribution >= 4 is 27.3 Å². The number of piperazine rings is 1. The van der Waals surface area contributed by atoms with E-state index in [0.717, 1.165) is 11.1 Å². The van der Waals surface area contributed by atoms with Crippen LogP contribution in [0.1, 0.15) is 11.1 Å². The van der Waals surface area contributed by atoms with Gasteiger partial charge in [0, 0.05) is 26.2 Å². The first-order chi connectivity index (χ1) is 11.8. The van der Waals surface area contributed by atoms with Gasteiger partial charge in [0.05, 0.1) is 16.8 Å². The van der Waals surface area contributed by atoms with Gasteiger partial charge in [-0.25, -0.2) is 13.5 Å². The number of anilines is 1. The van der Waals surface area contributed by atoms with Gasteiger partial charge in [0.15, 0.2) is 0 Å². The minimum atomic E-state index is -3.54. The summed E-state index contributed by atoms with van der Waals surface area (Å²) in [5.74, 6) is 0. The Labute approximate surface area is 151 Å². The van der Waals surface area contributed by atoms with Crippen molar-refractivity contribution in [3.05, 3.63) is 50.9 Å². The number of nitrogens with zero attached hydrogens (tertiary/aromatic N) is 3. The van der Waals surface area contributed by atoms with E-state index in [0.29, 0.717) is 36.8 Å². The topological polar surface area (TPSA) is 86.4 Å². The van der Waals surface area contributed by atoms with Gasteiger partial charge in [-0.05, 0) is 37.1 Å². The van der Waals surface area contributed by atoms with Gasteiger partial charge in [-0.2, -0.15) is 9.40 Å². The second-order valence-corrected chi connectivity index (χ2v) is 8.35. The fourth-order valence-corrected chi connectivity index (χ4v) is 4.51. The number of sulfonamides is 1. The Hall–Kier alpha value is -1.90. The quantitative estimate of drug-likeness (QED) is 0.870. The van der Waals surface area contributed by atoms with Crippen LogP contribution in [0, 0.1) is 13.8 Å². The van der Waals surface area contributed by atoms with E-state index in [4.69, 9.17) is 11.6 Å². The molecule has 25 heavy (non-hydrogen) atoms. The number of hydrogen-bond donors (Lipinski definition) is 1. The number of nitrogens with one attached hydrogen (secondary N) is 1. The van der Waals surface area contributed by atoms with Gasteiger partial charge in [-0.3, -0.25) is 4.79 Å². The second-order valence-electron chi connectivity index (χ2n) is 6.04. The molecule has 0 amide bonds. The molecule has 2 aromatic rings. The van der Waals surface area contributed by atoms with Crippen LogP contribution in [0.5, 0.6) is 0 Å². The smallest absolute Gasteiger partial charge is 0.285 e. The molecular weight excluding hydrogens is 364 g/mol. The van der Waals surface area contributed by atoms with E-state index in [2.05, 4.69) is 10.2 Å². The Kier molecular flexibility index (Phi) is 4.86. The molecule has 0 aliphatic carbocycles. The molecule has 1 fully saturated rings.